The number of rotatable bonds is 2. The van der Waals surface area contributed by atoms with Gasteiger partial charge in [-0.05, 0) is 12.1 Å². The first kappa shape index (κ1) is 9.97. The average Bonchev–Trinajstić information content (AvgIpc) is 2.11. The van der Waals surface area contributed by atoms with Gasteiger partial charge in [0, 0.05) is 17.7 Å². The molecule has 0 N–H and O–H groups in total. The van der Waals surface area contributed by atoms with Crippen molar-refractivity contribution in [3.8, 4) is 6.07 Å². The van der Waals surface area contributed by atoms with E-state index in [1.54, 1.807) is 6.07 Å². The van der Waals surface area contributed by atoms with Crippen molar-refractivity contribution in [2.45, 2.75) is 6.61 Å². The maximum absolute atomic E-state index is 13.3. The van der Waals surface area contributed by atoms with Crippen LogP contribution in [0.5, 0.6) is 0 Å². The van der Waals surface area contributed by atoms with Crippen LogP contribution in [0.3, 0.4) is 0 Å². The Morgan fingerprint density at radius 2 is 2.31 bits per heavy atom. The molecule has 0 saturated carbocycles. The highest BCUT2D eigenvalue weighted by Gasteiger charge is 2.09. The van der Waals surface area contributed by atoms with Crippen LogP contribution < -0.4 is 0 Å². The smallest absolute Gasteiger partial charge is 0.146 e. The van der Waals surface area contributed by atoms with Gasteiger partial charge in [-0.1, -0.05) is 11.6 Å². The van der Waals surface area contributed by atoms with Crippen molar-refractivity contribution < 1.29 is 9.13 Å². The topological polar surface area (TPSA) is 33.0 Å². The molecular weight excluding hydrogens is 193 g/mol. The van der Waals surface area contributed by atoms with Gasteiger partial charge in [-0.25, -0.2) is 4.39 Å². The van der Waals surface area contributed by atoms with E-state index in [2.05, 4.69) is 0 Å². The summed E-state index contributed by atoms with van der Waals surface area (Å²) in [5, 5.41) is 8.88. The summed E-state index contributed by atoms with van der Waals surface area (Å²) in [7, 11) is 1.45. The number of hydrogen-bond acceptors (Lipinski definition) is 2. The highest BCUT2D eigenvalue weighted by molar-refractivity contribution is 6.30. The average molecular weight is 200 g/mol. The molecule has 1 rings (SSSR count). The summed E-state index contributed by atoms with van der Waals surface area (Å²) in [6.07, 6.45) is 0. The number of nitrogens with zero attached hydrogens (tertiary/aromatic N) is 1. The molecule has 0 heterocycles. The molecule has 0 spiro atoms. The summed E-state index contributed by atoms with van der Waals surface area (Å²) in [5.41, 5.74) is 0.242. The van der Waals surface area contributed by atoms with E-state index in [0.29, 0.717) is 10.6 Å². The van der Waals surface area contributed by atoms with Crippen LogP contribution in [0.15, 0.2) is 12.1 Å². The SMILES string of the molecule is COCc1cc(Cl)cc(C#N)c1F. The lowest BCUT2D eigenvalue weighted by Gasteiger charge is -2.03. The number of halogens is 2. The second kappa shape index (κ2) is 4.22. The lowest BCUT2D eigenvalue weighted by Crippen LogP contribution is -1.95. The first-order valence-electron chi connectivity index (χ1n) is 3.56. The number of benzene rings is 1. The van der Waals surface area contributed by atoms with E-state index in [-0.39, 0.29) is 12.2 Å². The number of methoxy groups -OCH3 is 1. The van der Waals surface area contributed by atoms with E-state index < -0.39 is 5.82 Å². The molecule has 1 aromatic rings. The van der Waals surface area contributed by atoms with Crippen molar-refractivity contribution >= 4 is 11.6 Å². The van der Waals surface area contributed by atoms with Crippen LogP contribution in [-0.2, 0) is 11.3 Å². The van der Waals surface area contributed by atoms with E-state index in [0.717, 1.165) is 0 Å². The lowest BCUT2D eigenvalue weighted by atomic mass is 10.1. The summed E-state index contributed by atoms with van der Waals surface area (Å²) in [6.45, 7) is 0.112. The molecule has 0 aliphatic carbocycles. The van der Waals surface area contributed by atoms with Gasteiger partial charge in [-0.3, -0.25) is 0 Å². The summed E-state index contributed by atoms with van der Waals surface area (Å²) in [6, 6.07) is 4.45. The van der Waals surface area contributed by atoms with Gasteiger partial charge < -0.3 is 4.74 Å². The minimum Gasteiger partial charge on any atom is -0.380 e. The molecule has 0 saturated heterocycles. The van der Waals surface area contributed by atoms with Gasteiger partial charge >= 0.3 is 0 Å². The molecule has 0 bridgehead atoms. The van der Waals surface area contributed by atoms with Gasteiger partial charge in [0.05, 0.1) is 12.2 Å². The molecule has 0 aliphatic rings. The predicted molar refractivity (Wildman–Crippen MR) is 46.8 cm³/mol. The molecule has 2 nitrogen and oxygen atoms in total. The Morgan fingerprint density at radius 3 is 2.85 bits per heavy atom. The molecular formula is C9H7ClFNO. The Labute approximate surface area is 80.5 Å². The first-order chi connectivity index (χ1) is 6.19. The van der Waals surface area contributed by atoms with Crippen LogP contribution in [0, 0.1) is 17.1 Å². The van der Waals surface area contributed by atoms with Crippen LogP contribution in [0.4, 0.5) is 4.39 Å². The minimum absolute atomic E-state index is 0.0560. The van der Waals surface area contributed by atoms with Gasteiger partial charge in [0.1, 0.15) is 11.9 Å². The first-order valence-corrected chi connectivity index (χ1v) is 3.93. The third kappa shape index (κ3) is 2.18. The predicted octanol–water partition coefficient (Wildman–Crippen LogP) is 2.50. The maximum atomic E-state index is 13.3. The van der Waals surface area contributed by atoms with Gasteiger partial charge in [-0.15, -0.1) is 0 Å². The van der Waals surface area contributed by atoms with Crippen molar-refractivity contribution in [2.75, 3.05) is 7.11 Å². The zero-order chi connectivity index (χ0) is 9.84. The van der Waals surface area contributed by atoms with E-state index in [1.165, 1.54) is 19.2 Å². The molecule has 0 aromatic heterocycles. The fraction of sp³-hybridized carbons (Fsp3) is 0.222. The second-order valence-electron chi connectivity index (χ2n) is 2.47. The normalized spacial score (nSPS) is 9.69. The van der Waals surface area contributed by atoms with Crippen LogP contribution in [0.2, 0.25) is 5.02 Å². The summed E-state index contributed by atoms with van der Waals surface area (Å²) < 4.78 is 18.0. The van der Waals surface area contributed by atoms with Crippen molar-refractivity contribution in [3.05, 3.63) is 34.1 Å². The van der Waals surface area contributed by atoms with Gasteiger partial charge in [0.15, 0.2) is 0 Å². The maximum Gasteiger partial charge on any atom is 0.146 e. The van der Waals surface area contributed by atoms with E-state index >= 15 is 0 Å². The van der Waals surface area contributed by atoms with E-state index in [4.69, 9.17) is 21.6 Å². The fourth-order valence-electron chi connectivity index (χ4n) is 0.988. The quantitative estimate of drug-likeness (QED) is 0.733. The minimum atomic E-state index is -0.561. The van der Waals surface area contributed by atoms with Gasteiger partial charge in [-0.2, -0.15) is 5.26 Å². The molecule has 68 valence electrons. The van der Waals surface area contributed by atoms with Gasteiger partial charge in [0.25, 0.3) is 0 Å². The molecule has 4 heteroatoms. The Morgan fingerprint density at radius 1 is 1.62 bits per heavy atom. The third-order valence-electron chi connectivity index (χ3n) is 1.53. The van der Waals surface area contributed by atoms with Gasteiger partial charge in [0.2, 0.25) is 0 Å². The standard InChI is InChI=1S/C9H7ClFNO/c1-13-5-7-3-8(10)2-6(4-12)9(7)11/h2-3H,5H2,1H3. The van der Waals surface area contributed by atoms with Crippen LogP contribution >= 0.6 is 11.6 Å². The molecule has 0 radical (unpaired) electrons. The Kier molecular flexibility index (Phi) is 3.24. The zero-order valence-electron chi connectivity index (χ0n) is 6.97. The highest BCUT2D eigenvalue weighted by Crippen LogP contribution is 2.19. The lowest BCUT2D eigenvalue weighted by molar-refractivity contribution is 0.181. The summed E-state index contributed by atoms with van der Waals surface area (Å²) in [4.78, 5) is 0. The Bertz CT molecular complexity index is 359. The molecule has 13 heavy (non-hydrogen) atoms. The molecule has 0 fully saturated rings. The largest absolute Gasteiger partial charge is 0.380 e. The fourth-order valence-corrected chi connectivity index (χ4v) is 1.23. The number of hydrogen-bond donors (Lipinski definition) is 0. The second-order valence-corrected chi connectivity index (χ2v) is 2.91. The van der Waals surface area contributed by atoms with Crippen LogP contribution in [0.25, 0.3) is 0 Å². The van der Waals surface area contributed by atoms with Crippen molar-refractivity contribution in [2.24, 2.45) is 0 Å². The van der Waals surface area contributed by atoms with Crippen molar-refractivity contribution in [1.82, 2.24) is 0 Å². The number of nitriles is 1. The monoisotopic (exact) mass is 199 g/mol. The third-order valence-corrected chi connectivity index (χ3v) is 1.75. The van der Waals surface area contributed by atoms with Crippen LogP contribution in [0.1, 0.15) is 11.1 Å². The molecule has 0 atom stereocenters. The summed E-state index contributed by atoms with van der Waals surface area (Å²) in [5.74, 6) is -0.561. The zero-order valence-corrected chi connectivity index (χ0v) is 7.73. The van der Waals surface area contributed by atoms with Crippen LogP contribution in [-0.4, -0.2) is 7.11 Å². The van der Waals surface area contributed by atoms with Crippen molar-refractivity contribution in [3.63, 3.8) is 0 Å². The molecule has 1 aromatic carbocycles. The molecule has 0 amide bonds. The van der Waals surface area contributed by atoms with E-state index in [1.807, 2.05) is 0 Å². The molecule has 0 aliphatic heterocycles. The number of ether oxygens (including phenoxy) is 1. The molecule has 0 unspecified atom stereocenters. The van der Waals surface area contributed by atoms with E-state index in [9.17, 15) is 4.39 Å². The summed E-state index contributed by atoms with van der Waals surface area (Å²) >= 11 is 5.66. The Hall–Kier alpha value is -1.11. The van der Waals surface area contributed by atoms with Crippen molar-refractivity contribution in [1.29, 1.82) is 5.26 Å². The Balaban J connectivity index is 3.21. The highest BCUT2D eigenvalue weighted by atomic mass is 35.5.